The highest BCUT2D eigenvalue weighted by atomic mass is 16.5. The molecule has 3 heteroatoms. The standard InChI is InChI=1S/C17H27NO2/c1-12(2)11-13(3)18(5)14(4)17(19)15-7-9-16(20-6)10-8-15/h7-10,12-14H,11H2,1-6H3. The van der Waals surface area contributed by atoms with Crippen LogP contribution in [0.2, 0.25) is 0 Å². The molecule has 1 aromatic rings. The van der Waals surface area contributed by atoms with E-state index in [9.17, 15) is 4.79 Å². The molecule has 0 saturated carbocycles. The Balaban J connectivity index is 2.74. The van der Waals surface area contributed by atoms with Crippen molar-refractivity contribution in [3.8, 4) is 5.75 Å². The van der Waals surface area contributed by atoms with Crippen molar-refractivity contribution in [3.63, 3.8) is 0 Å². The van der Waals surface area contributed by atoms with Crippen molar-refractivity contribution < 1.29 is 9.53 Å². The molecule has 0 bridgehead atoms. The number of hydrogen-bond acceptors (Lipinski definition) is 3. The second-order valence-corrected chi connectivity index (χ2v) is 5.91. The van der Waals surface area contributed by atoms with Crippen LogP contribution in [-0.4, -0.2) is 36.9 Å². The van der Waals surface area contributed by atoms with Gasteiger partial charge in [0, 0.05) is 11.6 Å². The second kappa shape index (κ2) is 7.44. The number of nitrogens with zero attached hydrogens (tertiary/aromatic N) is 1. The first-order chi connectivity index (χ1) is 9.36. The fourth-order valence-corrected chi connectivity index (χ4v) is 2.41. The molecule has 1 rings (SSSR count). The zero-order valence-corrected chi connectivity index (χ0v) is 13.5. The van der Waals surface area contributed by atoms with Gasteiger partial charge in [-0.2, -0.15) is 0 Å². The molecule has 112 valence electrons. The van der Waals surface area contributed by atoms with Crippen LogP contribution in [0.4, 0.5) is 0 Å². The van der Waals surface area contributed by atoms with Gasteiger partial charge in [-0.25, -0.2) is 0 Å². The summed E-state index contributed by atoms with van der Waals surface area (Å²) in [5, 5.41) is 0. The third-order valence-electron chi connectivity index (χ3n) is 3.87. The number of rotatable bonds is 7. The van der Waals surface area contributed by atoms with Crippen molar-refractivity contribution in [2.24, 2.45) is 5.92 Å². The average Bonchev–Trinajstić information content (AvgIpc) is 2.44. The van der Waals surface area contributed by atoms with Crippen LogP contribution in [0.1, 0.15) is 44.5 Å². The number of Topliss-reactive ketones (excluding diaryl/α,β-unsaturated/α-hetero) is 1. The van der Waals surface area contributed by atoms with E-state index in [2.05, 4.69) is 25.7 Å². The maximum absolute atomic E-state index is 12.5. The molecule has 0 radical (unpaired) electrons. The van der Waals surface area contributed by atoms with E-state index in [1.165, 1.54) is 0 Å². The highest BCUT2D eigenvalue weighted by molar-refractivity contribution is 5.99. The zero-order chi connectivity index (χ0) is 15.3. The number of methoxy groups -OCH3 is 1. The van der Waals surface area contributed by atoms with E-state index in [0.29, 0.717) is 12.0 Å². The van der Waals surface area contributed by atoms with Crippen molar-refractivity contribution in [1.29, 1.82) is 0 Å². The Hall–Kier alpha value is -1.35. The summed E-state index contributed by atoms with van der Waals surface area (Å²) in [5.41, 5.74) is 0.738. The molecule has 0 aromatic heterocycles. The molecule has 2 atom stereocenters. The summed E-state index contributed by atoms with van der Waals surface area (Å²) in [5.74, 6) is 1.57. The topological polar surface area (TPSA) is 29.5 Å². The Kier molecular flexibility index (Phi) is 6.21. The predicted molar refractivity (Wildman–Crippen MR) is 83.5 cm³/mol. The number of carbonyl (C=O) groups excluding carboxylic acids is 1. The summed E-state index contributed by atoms with van der Waals surface area (Å²) in [6, 6.07) is 7.61. The summed E-state index contributed by atoms with van der Waals surface area (Å²) in [6.07, 6.45) is 1.09. The smallest absolute Gasteiger partial charge is 0.179 e. The van der Waals surface area contributed by atoms with Gasteiger partial charge in [-0.05, 0) is 57.5 Å². The van der Waals surface area contributed by atoms with Gasteiger partial charge >= 0.3 is 0 Å². The van der Waals surface area contributed by atoms with E-state index in [4.69, 9.17) is 4.74 Å². The molecule has 1 aromatic carbocycles. The maximum atomic E-state index is 12.5. The van der Waals surface area contributed by atoms with Crippen molar-refractivity contribution in [2.45, 2.75) is 46.2 Å². The van der Waals surface area contributed by atoms with E-state index >= 15 is 0 Å². The first kappa shape index (κ1) is 16.7. The van der Waals surface area contributed by atoms with E-state index in [1.807, 2.05) is 38.2 Å². The maximum Gasteiger partial charge on any atom is 0.179 e. The van der Waals surface area contributed by atoms with Crippen LogP contribution < -0.4 is 4.74 Å². The monoisotopic (exact) mass is 277 g/mol. The Bertz CT molecular complexity index is 425. The molecule has 0 N–H and O–H groups in total. The quantitative estimate of drug-likeness (QED) is 0.713. The van der Waals surface area contributed by atoms with Gasteiger partial charge in [-0.1, -0.05) is 13.8 Å². The number of ketones is 1. The minimum absolute atomic E-state index is 0.114. The van der Waals surface area contributed by atoms with Crippen molar-refractivity contribution in [1.82, 2.24) is 4.90 Å². The normalized spacial score (nSPS) is 14.4. The fourth-order valence-electron chi connectivity index (χ4n) is 2.41. The average molecular weight is 277 g/mol. The molecule has 3 nitrogen and oxygen atoms in total. The van der Waals surface area contributed by atoms with Crippen LogP contribution in [0.25, 0.3) is 0 Å². The minimum Gasteiger partial charge on any atom is -0.497 e. The van der Waals surface area contributed by atoms with Crippen molar-refractivity contribution in [3.05, 3.63) is 29.8 Å². The summed E-state index contributed by atoms with van der Waals surface area (Å²) in [4.78, 5) is 14.7. The van der Waals surface area contributed by atoms with Crippen molar-refractivity contribution >= 4 is 5.78 Å². The number of benzene rings is 1. The van der Waals surface area contributed by atoms with Crippen LogP contribution in [0, 0.1) is 5.92 Å². The number of carbonyl (C=O) groups is 1. The van der Waals surface area contributed by atoms with E-state index < -0.39 is 0 Å². The molecule has 20 heavy (non-hydrogen) atoms. The van der Waals surface area contributed by atoms with Crippen LogP contribution in [0.15, 0.2) is 24.3 Å². The second-order valence-electron chi connectivity index (χ2n) is 5.91. The van der Waals surface area contributed by atoms with Gasteiger partial charge in [-0.3, -0.25) is 9.69 Å². The Morgan fingerprint density at radius 2 is 1.70 bits per heavy atom. The lowest BCUT2D eigenvalue weighted by Crippen LogP contribution is -2.42. The molecule has 0 amide bonds. The molecule has 0 fully saturated rings. The number of ether oxygens (including phenoxy) is 1. The van der Waals surface area contributed by atoms with E-state index in [0.717, 1.165) is 17.7 Å². The van der Waals surface area contributed by atoms with Crippen LogP contribution >= 0.6 is 0 Å². The number of likely N-dealkylation sites (N-methyl/N-ethyl adjacent to an activating group) is 1. The SMILES string of the molecule is COc1ccc(C(=O)C(C)N(C)C(C)CC(C)C)cc1. The summed E-state index contributed by atoms with van der Waals surface area (Å²) >= 11 is 0. The Labute approximate surface area is 122 Å². The van der Waals surface area contributed by atoms with Crippen LogP contribution in [0.5, 0.6) is 5.75 Å². The molecule has 2 unspecified atom stereocenters. The molecular weight excluding hydrogens is 250 g/mol. The zero-order valence-electron chi connectivity index (χ0n) is 13.5. The van der Waals surface area contributed by atoms with Gasteiger partial charge in [-0.15, -0.1) is 0 Å². The van der Waals surface area contributed by atoms with Gasteiger partial charge in [0.25, 0.3) is 0 Å². The fraction of sp³-hybridized carbons (Fsp3) is 0.588. The predicted octanol–water partition coefficient (Wildman–Crippen LogP) is 3.63. The minimum atomic E-state index is -0.114. The Morgan fingerprint density at radius 3 is 2.15 bits per heavy atom. The van der Waals surface area contributed by atoms with Gasteiger partial charge in [0.15, 0.2) is 5.78 Å². The molecule has 0 aliphatic rings. The van der Waals surface area contributed by atoms with Crippen LogP contribution in [-0.2, 0) is 0 Å². The highest BCUT2D eigenvalue weighted by Gasteiger charge is 2.23. The summed E-state index contributed by atoms with van der Waals surface area (Å²) in [7, 11) is 3.65. The molecular formula is C17H27NO2. The van der Waals surface area contributed by atoms with Crippen molar-refractivity contribution in [2.75, 3.05) is 14.2 Å². The third-order valence-corrected chi connectivity index (χ3v) is 3.87. The van der Waals surface area contributed by atoms with Gasteiger partial charge in [0.1, 0.15) is 5.75 Å². The summed E-state index contributed by atoms with van der Waals surface area (Å²) in [6.45, 7) is 8.57. The molecule has 0 saturated heterocycles. The summed E-state index contributed by atoms with van der Waals surface area (Å²) < 4.78 is 5.12. The molecule has 0 heterocycles. The van der Waals surface area contributed by atoms with Gasteiger partial charge < -0.3 is 4.74 Å². The molecule has 0 aliphatic heterocycles. The lowest BCUT2D eigenvalue weighted by atomic mass is 9.99. The van der Waals surface area contributed by atoms with Crippen LogP contribution in [0.3, 0.4) is 0 Å². The molecule has 0 aliphatic carbocycles. The molecule has 0 spiro atoms. The Morgan fingerprint density at radius 1 is 1.15 bits per heavy atom. The third kappa shape index (κ3) is 4.34. The van der Waals surface area contributed by atoms with E-state index in [1.54, 1.807) is 7.11 Å². The lowest BCUT2D eigenvalue weighted by molar-refractivity contribution is 0.0811. The largest absolute Gasteiger partial charge is 0.497 e. The first-order valence-corrected chi connectivity index (χ1v) is 7.27. The van der Waals surface area contributed by atoms with E-state index in [-0.39, 0.29) is 11.8 Å². The lowest BCUT2D eigenvalue weighted by Gasteiger charge is -2.31. The van der Waals surface area contributed by atoms with Gasteiger partial charge in [0.2, 0.25) is 0 Å². The van der Waals surface area contributed by atoms with Gasteiger partial charge in [0.05, 0.1) is 13.2 Å². The number of hydrogen-bond donors (Lipinski definition) is 0. The highest BCUT2D eigenvalue weighted by Crippen LogP contribution is 2.17. The first-order valence-electron chi connectivity index (χ1n) is 7.27.